The van der Waals surface area contributed by atoms with Crippen molar-refractivity contribution >= 4 is 22.4 Å². The van der Waals surface area contributed by atoms with Gasteiger partial charge < -0.3 is 10.6 Å². The zero-order valence-electron chi connectivity index (χ0n) is 15.1. The van der Waals surface area contributed by atoms with Gasteiger partial charge in [0.05, 0.1) is 17.1 Å². The van der Waals surface area contributed by atoms with Crippen LogP contribution in [0, 0.1) is 26.6 Å². The Labute approximate surface area is 155 Å². The molecule has 3 aromatic rings. The number of carbonyl (C=O) groups excluding carboxylic acids is 1. The summed E-state index contributed by atoms with van der Waals surface area (Å²) in [6.45, 7) is 6.01. The van der Waals surface area contributed by atoms with Gasteiger partial charge in [0, 0.05) is 24.8 Å². The molecule has 0 aliphatic rings. The average molecular weight is 373 g/mol. The summed E-state index contributed by atoms with van der Waals surface area (Å²) in [4.78, 5) is 17.4. The molecule has 0 aliphatic carbocycles. The van der Waals surface area contributed by atoms with Crippen molar-refractivity contribution in [3.05, 3.63) is 57.6 Å². The Hall–Kier alpha value is -2.74. The molecule has 2 N–H and O–H groups in total. The van der Waals surface area contributed by atoms with Crippen molar-refractivity contribution in [1.82, 2.24) is 20.1 Å². The van der Waals surface area contributed by atoms with Gasteiger partial charge in [-0.25, -0.2) is 14.1 Å². The molecule has 8 heteroatoms. The number of anilines is 1. The van der Waals surface area contributed by atoms with Crippen LogP contribution in [0.4, 0.5) is 9.52 Å². The molecule has 0 saturated carbocycles. The van der Waals surface area contributed by atoms with Gasteiger partial charge in [-0.1, -0.05) is 11.3 Å². The van der Waals surface area contributed by atoms with Crippen LogP contribution in [0.5, 0.6) is 0 Å². The van der Waals surface area contributed by atoms with Crippen LogP contribution >= 0.6 is 11.3 Å². The number of hydrogen-bond acceptors (Lipinski definition) is 5. The zero-order chi connectivity index (χ0) is 18.8. The Balaban J connectivity index is 1.79. The monoisotopic (exact) mass is 373 g/mol. The Morgan fingerprint density at radius 1 is 1.19 bits per heavy atom. The number of halogens is 1. The van der Waals surface area contributed by atoms with Crippen LogP contribution in [0.15, 0.2) is 24.3 Å². The molecule has 0 aliphatic heterocycles. The molecule has 6 nitrogen and oxygen atoms in total. The molecule has 2 aromatic heterocycles. The first-order valence-corrected chi connectivity index (χ1v) is 8.96. The highest BCUT2D eigenvalue weighted by Crippen LogP contribution is 2.22. The van der Waals surface area contributed by atoms with E-state index in [2.05, 4.69) is 20.7 Å². The highest BCUT2D eigenvalue weighted by Gasteiger charge is 2.17. The molecule has 1 amide bonds. The van der Waals surface area contributed by atoms with Crippen molar-refractivity contribution in [1.29, 1.82) is 0 Å². The molecule has 0 unspecified atom stereocenters. The van der Waals surface area contributed by atoms with Gasteiger partial charge in [-0.05, 0) is 45.0 Å². The summed E-state index contributed by atoms with van der Waals surface area (Å²) in [5, 5.41) is 11.1. The molecule has 3 rings (SSSR count). The van der Waals surface area contributed by atoms with E-state index >= 15 is 0 Å². The first-order chi connectivity index (χ1) is 12.4. The van der Waals surface area contributed by atoms with Crippen LogP contribution in [0.3, 0.4) is 0 Å². The number of rotatable bonds is 5. The van der Waals surface area contributed by atoms with Crippen LogP contribution in [0.1, 0.15) is 32.3 Å². The average Bonchev–Trinajstić information content (AvgIpc) is 3.13. The third-order valence-corrected chi connectivity index (χ3v) is 5.33. The van der Waals surface area contributed by atoms with Crippen LogP contribution in [-0.4, -0.2) is 27.7 Å². The van der Waals surface area contributed by atoms with E-state index in [0.717, 1.165) is 22.6 Å². The van der Waals surface area contributed by atoms with Crippen LogP contribution in [0.25, 0.3) is 5.69 Å². The number of benzene rings is 1. The number of thiazole rings is 1. The lowest BCUT2D eigenvalue weighted by Crippen LogP contribution is -2.23. The van der Waals surface area contributed by atoms with Crippen molar-refractivity contribution in [3.8, 4) is 5.69 Å². The predicted molar refractivity (Wildman–Crippen MR) is 101 cm³/mol. The fourth-order valence-corrected chi connectivity index (χ4v) is 3.56. The molecule has 2 heterocycles. The number of nitrogens with zero attached hydrogens (tertiary/aromatic N) is 3. The lowest BCUT2D eigenvalue weighted by atomic mass is 10.2. The van der Waals surface area contributed by atoms with Gasteiger partial charge in [-0.15, -0.1) is 0 Å². The van der Waals surface area contributed by atoms with E-state index in [1.165, 1.54) is 23.5 Å². The highest BCUT2D eigenvalue weighted by molar-refractivity contribution is 7.17. The fourth-order valence-electron chi connectivity index (χ4n) is 2.73. The molecule has 136 valence electrons. The zero-order valence-corrected chi connectivity index (χ0v) is 15.9. The molecule has 1 aromatic carbocycles. The minimum atomic E-state index is -0.288. The standard InChI is InChI=1S/C18H20FN5OS/c1-10-15(9-21-17(25)16-11(2)22-18(20-4)26-16)12(3)24(23-10)14-7-5-13(19)6-8-14/h5-8H,9H2,1-4H3,(H,20,22)(H,21,25). The molecule has 0 saturated heterocycles. The van der Waals surface area contributed by atoms with Crippen LogP contribution in [0.2, 0.25) is 0 Å². The predicted octanol–water partition coefficient (Wildman–Crippen LogP) is 3.36. The number of aryl methyl sites for hydroxylation is 2. The SMILES string of the molecule is CNc1nc(C)c(C(=O)NCc2c(C)nn(-c3ccc(F)cc3)c2C)s1. The molecular formula is C18H20FN5OS. The van der Waals surface area contributed by atoms with Gasteiger partial charge in [-0.2, -0.15) is 5.10 Å². The minimum absolute atomic E-state index is 0.158. The fraction of sp³-hybridized carbons (Fsp3) is 0.278. The maximum absolute atomic E-state index is 13.1. The summed E-state index contributed by atoms with van der Waals surface area (Å²) in [6, 6.07) is 6.16. The summed E-state index contributed by atoms with van der Waals surface area (Å²) in [6.07, 6.45) is 0. The second-order valence-corrected chi connectivity index (χ2v) is 6.90. The van der Waals surface area contributed by atoms with E-state index in [9.17, 15) is 9.18 Å². The normalized spacial score (nSPS) is 10.8. The Morgan fingerprint density at radius 2 is 1.88 bits per heavy atom. The third kappa shape index (κ3) is 3.45. The van der Waals surface area contributed by atoms with Gasteiger partial charge in [0.15, 0.2) is 5.13 Å². The molecule has 0 spiro atoms. The molecular weight excluding hydrogens is 353 g/mol. The molecule has 0 fully saturated rings. The first kappa shape index (κ1) is 18.1. The van der Waals surface area contributed by atoms with E-state index in [1.54, 1.807) is 23.9 Å². The van der Waals surface area contributed by atoms with Gasteiger partial charge in [0.2, 0.25) is 0 Å². The first-order valence-electron chi connectivity index (χ1n) is 8.15. The highest BCUT2D eigenvalue weighted by atomic mass is 32.1. The summed E-state index contributed by atoms with van der Waals surface area (Å²) in [5.74, 6) is -0.446. The number of carbonyl (C=O) groups is 1. The van der Waals surface area contributed by atoms with Crippen molar-refractivity contribution in [2.75, 3.05) is 12.4 Å². The van der Waals surface area contributed by atoms with Gasteiger partial charge in [-0.3, -0.25) is 4.79 Å². The Morgan fingerprint density at radius 3 is 2.50 bits per heavy atom. The topological polar surface area (TPSA) is 71.8 Å². The van der Waals surface area contributed by atoms with E-state index in [4.69, 9.17) is 0 Å². The lowest BCUT2D eigenvalue weighted by Gasteiger charge is -2.07. The summed E-state index contributed by atoms with van der Waals surface area (Å²) in [7, 11) is 1.77. The number of hydrogen-bond donors (Lipinski definition) is 2. The molecule has 0 atom stereocenters. The second-order valence-electron chi connectivity index (χ2n) is 5.90. The molecule has 0 bridgehead atoms. The summed E-state index contributed by atoms with van der Waals surface area (Å²) < 4.78 is 14.9. The lowest BCUT2D eigenvalue weighted by molar-refractivity contribution is 0.0954. The van der Waals surface area contributed by atoms with Crippen LogP contribution < -0.4 is 10.6 Å². The van der Waals surface area contributed by atoms with E-state index in [1.807, 2.05) is 20.8 Å². The number of aromatic nitrogens is 3. The van der Waals surface area contributed by atoms with Gasteiger partial charge in [0.25, 0.3) is 5.91 Å². The van der Waals surface area contributed by atoms with Crippen LogP contribution in [-0.2, 0) is 6.54 Å². The molecule has 26 heavy (non-hydrogen) atoms. The van der Waals surface area contributed by atoms with Crippen molar-refractivity contribution < 1.29 is 9.18 Å². The smallest absolute Gasteiger partial charge is 0.263 e. The second kappa shape index (κ2) is 7.25. The quantitative estimate of drug-likeness (QED) is 0.719. The number of amides is 1. The summed E-state index contributed by atoms with van der Waals surface area (Å²) >= 11 is 1.32. The Bertz CT molecular complexity index is 945. The maximum atomic E-state index is 13.1. The maximum Gasteiger partial charge on any atom is 0.263 e. The van der Waals surface area contributed by atoms with Gasteiger partial charge in [0.1, 0.15) is 10.7 Å². The summed E-state index contributed by atoms with van der Waals surface area (Å²) in [5.41, 5.74) is 4.16. The van der Waals surface area contributed by atoms with E-state index < -0.39 is 0 Å². The minimum Gasteiger partial charge on any atom is -0.365 e. The molecule has 0 radical (unpaired) electrons. The van der Waals surface area contributed by atoms with Gasteiger partial charge >= 0.3 is 0 Å². The van der Waals surface area contributed by atoms with E-state index in [-0.39, 0.29) is 11.7 Å². The van der Waals surface area contributed by atoms with Crippen molar-refractivity contribution in [2.24, 2.45) is 0 Å². The van der Waals surface area contributed by atoms with Crippen molar-refractivity contribution in [2.45, 2.75) is 27.3 Å². The van der Waals surface area contributed by atoms with Crippen molar-refractivity contribution in [3.63, 3.8) is 0 Å². The largest absolute Gasteiger partial charge is 0.365 e. The van der Waals surface area contributed by atoms with E-state index in [0.29, 0.717) is 22.2 Å². The number of nitrogens with one attached hydrogen (secondary N) is 2. The Kier molecular flexibility index (Phi) is 5.03. The third-order valence-electron chi connectivity index (χ3n) is 4.15.